The van der Waals surface area contributed by atoms with Gasteiger partial charge in [-0.2, -0.15) is 0 Å². The van der Waals surface area contributed by atoms with E-state index in [0.29, 0.717) is 13.0 Å². The minimum atomic E-state index is -0.629. The van der Waals surface area contributed by atoms with E-state index in [1.807, 2.05) is 60.7 Å². The maximum atomic E-state index is 12.1. The SMILES string of the molecule is CCOC(=O)C(CC(=O)OCCc1ccccc1)c1ccccc1. The van der Waals surface area contributed by atoms with Crippen LogP contribution in [-0.4, -0.2) is 25.2 Å². The van der Waals surface area contributed by atoms with E-state index in [-0.39, 0.29) is 13.0 Å². The van der Waals surface area contributed by atoms with E-state index in [4.69, 9.17) is 9.47 Å². The van der Waals surface area contributed by atoms with Crippen molar-refractivity contribution in [3.8, 4) is 0 Å². The molecule has 1 unspecified atom stereocenters. The second-order valence-corrected chi connectivity index (χ2v) is 5.38. The average Bonchev–Trinajstić information content (AvgIpc) is 2.61. The maximum absolute atomic E-state index is 12.1. The molecule has 0 saturated carbocycles. The van der Waals surface area contributed by atoms with Crippen LogP contribution in [0.3, 0.4) is 0 Å². The van der Waals surface area contributed by atoms with Crippen molar-refractivity contribution in [2.24, 2.45) is 0 Å². The smallest absolute Gasteiger partial charge is 0.313 e. The van der Waals surface area contributed by atoms with Gasteiger partial charge in [0.1, 0.15) is 0 Å². The molecule has 0 fully saturated rings. The molecule has 0 heterocycles. The average molecular weight is 326 g/mol. The summed E-state index contributed by atoms with van der Waals surface area (Å²) < 4.78 is 10.4. The number of carbonyl (C=O) groups excluding carboxylic acids is 2. The van der Waals surface area contributed by atoms with Crippen LogP contribution < -0.4 is 0 Å². The summed E-state index contributed by atoms with van der Waals surface area (Å²) >= 11 is 0. The van der Waals surface area contributed by atoms with Crippen LogP contribution >= 0.6 is 0 Å². The molecule has 2 aromatic carbocycles. The summed E-state index contributed by atoms with van der Waals surface area (Å²) in [6.45, 7) is 2.33. The fourth-order valence-electron chi connectivity index (χ4n) is 2.42. The van der Waals surface area contributed by atoms with Gasteiger partial charge in [-0.05, 0) is 18.1 Å². The molecular formula is C20H22O4. The summed E-state index contributed by atoms with van der Waals surface area (Å²) in [6, 6.07) is 19.0. The molecule has 0 aliphatic rings. The van der Waals surface area contributed by atoms with E-state index in [1.54, 1.807) is 6.92 Å². The Morgan fingerprint density at radius 3 is 2.17 bits per heavy atom. The van der Waals surface area contributed by atoms with Gasteiger partial charge >= 0.3 is 11.9 Å². The zero-order valence-corrected chi connectivity index (χ0v) is 13.8. The Labute approximate surface area is 142 Å². The van der Waals surface area contributed by atoms with Crippen LogP contribution in [0.4, 0.5) is 0 Å². The van der Waals surface area contributed by atoms with Gasteiger partial charge in [0.25, 0.3) is 0 Å². The highest BCUT2D eigenvalue weighted by molar-refractivity contribution is 5.84. The van der Waals surface area contributed by atoms with Gasteiger partial charge in [-0.1, -0.05) is 60.7 Å². The Bertz CT molecular complexity index is 637. The number of hydrogen-bond acceptors (Lipinski definition) is 4. The first-order valence-electron chi connectivity index (χ1n) is 8.12. The molecule has 4 nitrogen and oxygen atoms in total. The van der Waals surface area contributed by atoms with Crippen molar-refractivity contribution in [3.63, 3.8) is 0 Å². The molecular weight excluding hydrogens is 304 g/mol. The minimum absolute atomic E-state index is 0.0162. The summed E-state index contributed by atoms with van der Waals surface area (Å²) in [6.07, 6.45) is 0.639. The minimum Gasteiger partial charge on any atom is -0.466 e. The molecule has 2 rings (SSSR count). The van der Waals surface area contributed by atoms with Crippen molar-refractivity contribution in [2.45, 2.75) is 25.7 Å². The van der Waals surface area contributed by atoms with Crippen LogP contribution in [0.1, 0.15) is 30.4 Å². The summed E-state index contributed by atoms with van der Waals surface area (Å²) in [5.74, 6) is -1.42. The van der Waals surface area contributed by atoms with E-state index in [9.17, 15) is 9.59 Å². The van der Waals surface area contributed by atoms with Crippen molar-refractivity contribution >= 4 is 11.9 Å². The third-order valence-corrected chi connectivity index (χ3v) is 3.64. The van der Waals surface area contributed by atoms with Crippen LogP contribution in [0.5, 0.6) is 0 Å². The van der Waals surface area contributed by atoms with Gasteiger partial charge in [0.2, 0.25) is 0 Å². The van der Waals surface area contributed by atoms with Gasteiger partial charge in [-0.15, -0.1) is 0 Å². The molecule has 0 N–H and O–H groups in total. The lowest BCUT2D eigenvalue weighted by atomic mass is 9.96. The highest BCUT2D eigenvalue weighted by Crippen LogP contribution is 2.22. The van der Waals surface area contributed by atoms with Crippen LogP contribution in [-0.2, 0) is 25.5 Å². The van der Waals surface area contributed by atoms with E-state index in [2.05, 4.69) is 0 Å². The lowest BCUT2D eigenvalue weighted by Gasteiger charge is -2.15. The van der Waals surface area contributed by atoms with Crippen LogP contribution in [0.25, 0.3) is 0 Å². The molecule has 0 amide bonds. The third kappa shape index (κ3) is 5.54. The molecule has 0 radical (unpaired) electrons. The van der Waals surface area contributed by atoms with Gasteiger partial charge in [0.15, 0.2) is 0 Å². The van der Waals surface area contributed by atoms with E-state index in [0.717, 1.165) is 11.1 Å². The number of esters is 2. The second-order valence-electron chi connectivity index (χ2n) is 5.38. The van der Waals surface area contributed by atoms with Crippen molar-refractivity contribution in [2.75, 3.05) is 13.2 Å². The number of rotatable bonds is 8. The van der Waals surface area contributed by atoms with Gasteiger partial charge in [0.05, 0.1) is 25.6 Å². The summed E-state index contributed by atoms with van der Waals surface area (Å²) in [7, 11) is 0. The first-order valence-corrected chi connectivity index (χ1v) is 8.12. The second kappa shape index (κ2) is 9.50. The summed E-state index contributed by atoms with van der Waals surface area (Å²) in [4.78, 5) is 24.2. The van der Waals surface area contributed by atoms with E-state index < -0.39 is 17.9 Å². The van der Waals surface area contributed by atoms with Crippen molar-refractivity contribution in [1.29, 1.82) is 0 Å². The predicted molar refractivity (Wildman–Crippen MR) is 91.5 cm³/mol. The quantitative estimate of drug-likeness (QED) is 0.697. The fourth-order valence-corrected chi connectivity index (χ4v) is 2.42. The topological polar surface area (TPSA) is 52.6 Å². The Hall–Kier alpha value is -2.62. The van der Waals surface area contributed by atoms with Crippen LogP contribution in [0.2, 0.25) is 0 Å². The number of benzene rings is 2. The number of carbonyl (C=O) groups is 2. The molecule has 0 aliphatic heterocycles. The fraction of sp³-hybridized carbons (Fsp3) is 0.300. The summed E-state index contributed by atoms with van der Waals surface area (Å²) in [5, 5.41) is 0. The Morgan fingerprint density at radius 1 is 0.917 bits per heavy atom. The normalized spacial score (nSPS) is 11.5. The highest BCUT2D eigenvalue weighted by Gasteiger charge is 2.25. The monoisotopic (exact) mass is 326 g/mol. The van der Waals surface area contributed by atoms with Gasteiger partial charge in [-0.3, -0.25) is 9.59 Å². The largest absolute Gasteiger partial charge is 0.466 e. The van der Waals surface area contributed by atoms with Crippen LogP contribution in [0.15, 0.2) is 60.7 Å². The highest BCUT2D eigenvalue weighted by atomic mass is 16.5. The zero-order chi connectivity index (χ0) is 17.2. The molecule has 4 heteroatoms. The molecule has 0 aromatic heterocycles. The molecule has 0 bridgehead atoms. The molecule has 2 aromatic rings. The Kier molecular flexibility index (Phi) is 7.02. The molecule has 0 spiro atoms. The van der Waals surface area contributed by atoms with Gasteiger partial charge < -0.3 is 9.47 Å². The Morgan fingerprint density at radius 2 is 1.54 bits per heavy atom. The summed E-state index contributed by atoms with van der Waals surface area (Å²) in [5.41, 5.74) is 1.87. The molecule has 0 aliphatic carbocycles. The van der Waals surface area contributed by atoms with Crippen LogP contribution in [0, 0.1) is 0 Å². The predicted octanol–water partition coefficient (Wildman–Crippen LogP) is 3.51. The third-order valence-electron chi connectivity index (χ3n) is 3.64. The molecule has 0 saturated heterocycles. The molecule has 126 valence electrons. The zero-order valence-electron chi connectivity index (χ0n) is 13.8. The van der Waals surface area contributed by atoms with Gasteiger partial charge in [0, 0.05) is 6.42 Å². The molecule has 1 atom stereocenters. The van der Waals surface area contributed by atoms with Crippen molar-refractivity contribution in [3.05, 3.63) is 71.8 Å². The first-order chi connectivity index (χ1) is 11.7. The van der Waals surface area contributed by atoms with E-state index in [1.165, 1.54) is 0 Å². The van der Waals surface area contributed by atoms with Gasteiger partial charge in [-0.25, -0.2) is 0 Å². The lowest BCUT2D eigenvalue weighted by Crippen LogP contribution is -2.21. The number of hydrogen-bond donors (Lipinski definition) is 0. The van der Waals surface area contributed by atoms with E-state index >= 15 is 0 Å². The van der Waals surface area contributed by atoms with Crippen molar-refractivity contribution in [1.82, 2.24) is 0 Å². The van der Waals surface area contributed by atoms with Crippen molar-refractivity contribution < 1.29 is 19.1 Å². The Balaban J connectivity index is 1.91. The first kappa shape index (κ1) is 17.7. The maximum Gasteiger partial charge on any atom is 0.313 e. The molecule has 24 heavy (non-hydrogen) atoms. The lowest BCUT2D eigenvalue weighted by molar-refractivity contribution is -0.151. The number of ether oxygens (including phenoxy) is 2. The standard InChI is InChI=1S/C20H22O4/c1-2-23-20(22)18(17-11-7-4-8-12-17)15-19(21)24-14-13-16-9-5-3-6-10-16/h3-12,18H,2,13-15H2,1H3.